The molecule has 1 fully saturated rings. The molecule has 1 aromatic carbocycles. The number of hydrogen-bond donors (Lipinski definition) is 0. The quantitative estimate of drug-likeness (QED) is 0.802. The summed E-state index contributed by atoms with van der Waals surface area (Å²) in [7, 11) is 1.67. The van der Waals surface area contributed by atoms with Crippen molar-refractivity contribution in [3.8, 4) is 5.75 Å². The molecule has 1 atom stereocenters. The van der Waals surface area contributed by atoms with Gasteiger partial charge in [0.05, 0.1) is 12.6 Å². The molecular weight excluding hydrogens is 304 g/mol. The summed E-state index contributed by atoms with van der Waals surface area (Å²) in [6.45, 7) is 11.1. The highest BCUT2D eigenvalue weighted by Gasteiger charge is 2.36. The van der Waals surface area contributed by atoms with Gasteiger partial charge in [0.2, 0.25) is 0 Å². The van der Waals surface area contributed by atoms with Gasteiger partial charge in [-0.25, -0.2) is 0 Å². The molecule has 1 aliphatic rings. The Bertz CT molecular complexity index is 542. The van der Waals surface area contributed by atoms with E-state index in [0.29, 0.717) is 19.7 Å². The zero-order valence-corrected chi connectivity index (χ0v) is 15.5. The van der Waals surface area contributed by atoms with Crippen LogP contribution in [-0.2, 0) is 9.53 Å². The lowest BCUT2D eigenvalue weighted by atomic mass is 9.97. The normalized spacial score (nSPS) is 18.4. The largest absolute Gasteiger partial charge is 0.497 e. The average Bonchev–Trinajstić information content (AvgIpc) is 2.58. The molecule has 134 valence electrons. The summed E-state index contributed by atoms with van der Waals surface area (Å²) in [6.07, 6.45) is 0.558. The van der Waals surface area contributed by atoms with Gasteiger partial charge in [-0.05, 0) is 51.5 Å². The van der Waals surface area contributed by atoms with Crippen LogP contribution < -0.4 is 9.64 Å². The second kappa shape index (κ2) is 7.88. The Hall–Kier alpha value is -1.75. The fourth-order valence-electron chi connectivity index (χ4n) is 3.21. The van der Waals surface area contributed by atoms with E-state index in [2.05, 4.69) is 30.9 Å². The molecule has 1 saturated heterocycles. The first-order valence-electron chi connectivity index (χ1n) is 8.71. The van der Waals surface area contributed by atoms with Crippen molar-refractivity contribution in [3.63, 3.8) is 0 Å². The van der Waals surface area contributed by atoms with Gasteiger partial charge in [0, 0.05) is 31.9 Å². The molecule has 1 aliphatic heterocycles. The van der Waals surface area contributed by atoms with Gasteiger partial charge in [0.25, 0.3) is 5.91 Å². The number of carbonyl (C=O) groups excluding carboxylic acids is 1. The molecule has 24 heavy (non-hydrogen) atoms. The van der Waals surface area contributed by atoms with Crippen LogP contribution >= 0.6 is 0 Å². The fraction of sp³-hybridized carbons (Fsp3) is 0.632. The van der Waals surface area contributed by atoms with Gasteiger partial charge in [-0.3, -0.25) is 4.79 Å². The summed E-state index contributed by atoms with van der Waals surface area (Å²) in [4.78, 5) is 16.9. The van der Waals surface area contributed by atoms with E-state index in [4.69, 9.17) is 9.47 Å². The van der Waals surface area contributed by atoms with Gasteiger partial charge in [-0.1, -0.05) is 6.92 Å². The highest BCUT2D eigenvalue weighted by molar-refractivity contribution is 5.81. The van der Waals surface area contributed by atoms with Crippen LogP contribution in [0.2, 0.25) is 0 Å². The number of anilines is 1. The van der Waals surface area contributed by atoms with Gasteiger partial charge in [-0.2, -0.15) is 0 Å². The predicted octanol–water partition coefficient (Wildman–Crippen LogP) is 2.94. The first-order valence-corrected chi connectivity index (χ1v) is 8.71. The molecule has 2 rings (SSSR count). The maximum absolute atomic E-state index is 12.6. The molecule has 5 nitrogen and oxygen atoms in total. The number of nitrogens with zero attached hydrogens (tertiary/aromatic N) is 2. The number of amides is 1. The lowest BCUT2D eigenvalue weighted by Crippen LogP contribution is -2.61. The molecule has 0 bridgehead atoms. The third-order valence-electron chi connectivity index (χ3n) is 4.52. The minimum absolute atomic E-state index is 0.0888. The van der Waals surface area contributed by atoms with Crippen molar-refractivity contribution in [2.75, 3.05) is 38.3 Å². The van der Waals surface area contributed by atoms with Crippen molar-refractivity contribution in [1.82, 2.24) is 4.90 Å². The number of ether oxygens (including phenoxy) is 2. The van der Waals surface area contributed by atoms with Gasteiger partial charge < -0.3 is 19.3 Å². The lowest BCUT2D eigenvalue weighted by molar-refractivity contribution is -0.144. The molecule has 1 amide bonds. The molecule has 0 radical (unpaired) electrons. The highest BCUT2D eigenvalue weighted by atomic mass is 16.5. The van der Waals surface area contributed by atoms with Crippen LogP contribution in [0.15, 0.2) is 24.3 Å². The number of methoxy groups -OCH3 is 1. The Morgan fingerprint density at radius 1 is 1.25 bits per heavy atom. The third-order valence-corrected chi connectivity index (χ3v) is 4.52. The van der Waals surface area contributed by atoms with E-state index in [1.165, 1.54) is 0 Å². The minimum atomic E-state index is -0.367. The second-order valence-electron chi connectivity index (χ2n) is 6.93. The van der Waals surface area contributed by atoms with Crippen LogP contribution in [0.5, 0.6) is 5.75 Å². The zero-order valence-electron chi connectivity index (χ0n) is 15.5. The summed E-state index contributed by atoms with van der Waals surface area (Å²) < 4.78 is 10.8. The van der Waals surface area contributed by atoms with Gasteiger partial charge in [-0.15, -0.1) is 0 Å². The molecule has 1 aromatic rings. The van der Waals surface area contributed by atoms with Crippen LogP contribution in [0.4, 0.5) is 5.69 Å². The number of rotatable bonds is 6. The van der Waals surface area contributed by atoms with Crippen LogP contribution in [-0.4, -0.2) is 55.8 Å². The molecule has 0 aromatic heterocycles. The first-order chi connectivity index (χ1) is 11.4. The van der Waals surface area contributed by atoms with E-state index < -0.39 is 0 Å². The van der Waals surface area contributed by atoms with Crippen molar-refractivity contribution in [1.29, 1.82) is 0 Å². The number of benzene rings is 1. The van der Waals surface area contributed by atoms with E-state index in [-0.39, 0.29) is 17.6 Å². The molecular formula is C19H30N2O3. The van der Waals surface area contributed by atoms with E-state index >= 15 is 0 Å². The standard InChI is InChI=1S/C19H30N2O3/c1-6-13-24-15(2)18(22)20-11-12-21(19(3,4)14-20)16-7-9-17(23-5)10-8-16/h7-10,15H,6,11-14H2,1-5H3/t15-/m1/s1. The lowest BCUT2D eigenvalue weighted by Gasteiger charge is -2.49. The van der Waals surface area contributed by atoms with Gasteiger partial charge >= 0.3 is 0 Å². The maximum atomic E-state index is 12.6. The van der Waals surface area contributed by atoms with Crippen LogP contribution in [0, 0.1) is 0 Å². The van der Waals surface area contributed by atoms with Crippen LogP contribution in [0.1, 0.15) is 34.1 Å². The van der Waals surface area contributed by atoms with Gasteiger partial charge in [0.1, 0.15) is 11.9 Å². The van der Waals surface area contributed by atoms with Crippen LogP contribution in [0.25, 0.3) is 0 Å². The smallest absolute Gasteiger partial charge is 0.251 e. The van der Waals surface area contributed by atoms with Crippen molar-refractivity contribution >= 4 is 11.6 Å². The topological polar surface area (TPSA) is 42.0 Å². The summed E-state index contributed by atoms with van der Waals surface area (Å²) in [6, 6.07) is 8.10. The van der Waals surface area contributed by atoms with Gasteiger partial charge in [0.15, 0.2) is 0 Å². The molecule has 0 spiro atoms. The minimum Gasteiger partial charge on any atom is -0.497 e. The summed E-state index contributed by atoms with van der Waals surface area (Å²) in [5, 5.41) is 0. The Balaban J connectivity index is 2.04. The Labute approximate surface area is 145 Å². The SMILES string of the molecule is CCCO[C@H](C)C(=O)N1CCN(c2ccc(OC)cc2)C(C)(C)C1. The van der Waals surface area contributed by atoms with E-state index in [9.17, 15) is 4.79 Å². The first kappa shape index (κ1) is 18.6. The van der Waals surface area contributed by atoms with E-state index in [1.54, 1.807) is 7.11 Å². The van der Waals surface area contributed by atoms with Crippen molar-refractivity contribution in [3.05, 3.63) is 24.3 Å². The van der Waals surface area contributed by atoms with Crippen molar-refractivity contribution in [2.45, 2.75) is 45.8 Å². The molecule has 0 saturated carbocycles. The maximum Gasteiger partial charge on any atom is 0.251 e. The molecule has 0 N–H and O–H groups in total. The van der Waals surface area contributed by atoms with Crippen LogP contribution in [0.3, 0.4) is 0 Å². The molecule has 0 aliphatic carbocycles. The Morgan fingerprint density at radius 2 is 1.92 bits per heavy atom. The highest BCUT2D eigenvalue weighted by Crippen LogP contribution is 2.29. The van der Waals surface area contributed by atoms with Crippen molar-refractivity contribution in [2.24, 2.45) is 0 Å². The average molecular weight is 334 g/mol. The third kappa shape index (κ3) is 4.20. The molecule has 0 unspecified atom stereocenters. The Morgan fingerprint density at radius 3 is 2.46 bits per heavy atom. The second-order valence-corrected chi connectivity index (χ2v) is 6.93. The monoisotopic (exact) mass is 334 g/mol. The number of piperazine rings is 1. The number of hydrogen-bond acceptors (Lipinski definition) is 4. The Kier molecular flexibility index (Phi) is 6.10. The molecule has 1 heterocycles. The fourth-order valence-corrected chi connectivity index (χ4v) is 3.21. The summed E-state index contributed by atoms with van der Waals surface area (Å²) in [5.41, 5.74) is 1.02. The van der Waals surface area contributed by atoms with E-state index in [1.807, 2.05) is 30.9 Å². The van der Waals surface area contributed by atoms with E-state index in [0.717, 1.165) is 24.4 Å². The predicted molar refractivity (Wildman–Crippen MR) is 96.7 cm³/mol. The summed E-state index contributed by atoms with van der Waals surface area (Å²) in [5.74, 6) is 0.943. The number of carbonyl (C=O) groups is 1. The summed E-state index contributed by atoms with van der Waals surface area (Å²) >= 11 is 0. The van der Waals surface area contributed by atoms with Crippen molar-refractivity contribution < 1.29 is 14.3 Å². The zero-order chi connectivity index (χ0) is 17.7. The molecule has 5 heteroatoms.